The van der Waals surface area contributed by atoms with Gasteiger partial charge in [0.15, 0.2) is 0 Å². The van der Waals surface area contributed by atoms with E-state index < -0.39 is 5.41 Å². The lowest BCUT2D eigenvalue weighted by Gasteiger charge is -2.40. The molecule has 0 bridgehead atoms. The van der Waals surface area contributed by atoms with Crippen molar-refractivity contribution in [1.82, 2.24) is 0 Å². The van der Waals surface area contributed by atoms with Crippen LogP contribution >= 0.6 is 23.4 Å². The highest BCUT2D eigenvalue weighted by molar-refractivity contribution is 7.99. The van der Waals surface area contributed by atoms with Gasteiger partial charge in [0.25, 0.3) is 0 Å². The van der Waals surface area contributed by atoms with Crippen LogP contribution < -0.4 is 0 Å². The topological polar surface area (TPSA) is 0 Å². The van der Waals surface area contributed by atoms with Crippen LogP contribution in [0, 0.1) is 0 Å². The average molecular weight is 585 g/mol. The Morgan fingerprint density at radius 2 is 1.00 bits per heavy atom. The summed E-state index contributed by atoms with van der Waals surface area (Å²) in [5.74, 6) is 0. The van der Waals surface area contributed by atoms with Gasteiger partial charge in [0, 0.05) is 14.8 Å². The second-order valence-corrected chi connectivity index (χ2v) is 12.9. The molecule has 7 aromatic carbocycles. The number of rotatable bonds is 2. The van der Waals surface area contributed by atoms with Gasteiger partial charge in [-0.25, -0.2) is 0 Å². The molecule has 1 spiro atoms. The fourth-order valence-electron chi connectivity index (χ4n) is 7.36. The van der Waals surface area contributed by atoms with E-state index in [1.165, 1.54) is 76.2 Å². The van der Waals surface area contributed by atoms with Crippen LogP contribution in [0.5, 0.6) is 0 Å². The van der Waals surface area contributed by atoms with Gasteiger partial charge in [0.05, 0.1) is 5.41 Å². The van der Waals surface area contributed by atoms with Gasteiger partial charge in [-0.1, -0.05) is 145 Å². The van der Waals surface area contributed by atoms with E-state index in [0.717, 1.165) is 5.02 Å². The molecular formula is C41H25ClS. The second kappa shape index (κ2) is 9.47. The molecule has 0 fully saturated rings. The summed E-state index contributed by atoms with van der Waals surface area (Å²) < 4.78 is 0. The van der Waals surface area contributed by atoms with Crippen molar-refractivity contribution in [2.24, 2.45) is 0 Å². The minimum absolute atomic E-state index is 0.439. The molecule has 0 saturated heterocycles. The van der Waals surface area contributed by atoms with Crippen molar-refractivity contribution < 1.29 is 0 Å². The highest BCUT2D eigenvalue weighted by Crippen LogP contribution is 2.63. The van der Waals surface area contributed by atoms with Crippen LogP contribution in [-0.2, 0) is 5.41 Å². The first-order chi connectivity index (χ1) is 21.2. The molecule has 0 aromatic heterocycles. The molecule has 1 aliphatic heterocycles. The Morgan fingerprint density at radius 1 is 0.419 bits per heavy atom. The predicted octanol–water partition coefficient (Wildman–Crippen LogP) is 11.7. The Balaban J connectivity index is 1.30. The van der Waals surface area contributed by atoms with E-state index in [1.807, 2.05) is 11.8 Å². The zero-order valence-electron chi connectivity index (χ0n) is 23.2. The van der Waals surface area contributed by atoms with Crippen molar-refractivity contribution in [1.29, 1.82) is 0 Å². The molecule has 0 saturated carbocycles. The molecule has 202 valence electrons. The summed E-state index contributed by atoms with van der Waals surface area (Å²) >= 11 is 8.94. The van der Waals surface area contributed by atoms with Crippen molar-refractivity contribution in [2.45, 2.75) is 15.2 Å². The molecule has 0 atom stereocenters. The molecule has 0 radical (unpaired) electrons. The van der Waals surface area contributed by atoms with E-state index in [-0.39, 0.29) is 0 Å². The molecule has 0 unspecified atom stereocenters. The third kappa shape index (κ3) is 3.59. The lowest BCUT2D eigenvalue weighted by molar-refractivity contribution is 0.723. The van der Waals surface area contributed by atoms with Crippen LogP contribution in [0.1, 0.15) is 22.3 Å². The summed E-state index contributed by atoms with van der Waals surface area (Å²) in [4.78, 5) is 2.56. The highest BCUT2D eigenvalue weighted by atomic mass is 35.5. The maximum atomic E-state index is 7.07. The van der Waals surface area contributed by atoms with Gasteiger partial charge in [-0.05, 0) is 96.7 Å². The van der Waals surface area contributed by atoms with Gasteiger partial charge < -0.3 is 0 Å². The second-order valence-electron chi connectivity index (χ2n) is 11.4. The number of hydrogen-bond donors (Lipinski definition) is 0. The fourth-order valence-corrected chi connectivity index (χ4v) is 8.88. The lowest BCUT2D eigenvalue weighted by Crippen LogP contribution is -2.32. The molecule has 0 nitrogen and oxygen atoms in total. The minimum atomic E-state index is -0.439. The van der Waals surface area contributed by atoms with Crippen molar-refractivity contribution in [3.05, 3.63) is 179 Å². The molecule has 7 aromatic rings. The summed E-state index contributed by atoms with van der Waals surface area (Å²) in [5, 5.41) is 3.21. The van der Waals surface area contributed by atoms with Crippen LogP contribution in [0.4, 0.5) is 0 Å². The number of hydrogen-bond acceptors (Lipinski definition) is 1. The zero-order chi connectivity index (χ0) is 28.5. The number of fused-ring (bicyclic) bond motifs is 10. The van der Waals surface area contributed by atoms with E-state index in [1.54, 1.807) is 0 Å². The average Bonchev–Trinajstić information content (AvgIpc) is 3.36. The van der Waals surface area contributed by atoms with Crippen LogP contribution in [0.15, 0.2) is 161 Å². The van der Waals surface area contributed by atoms with Crippen LogP contribution in [0.2, 0.25) is 5.02 Å². The molecular weight excluding hydrogens is 560 g/mol. The Labute approximate surface area is 260 Å². The maximum Gasteiger partial charge on any atom is 0.0736 e. The normalized spacial score (nSPS) is 13.8. The van der Waals surface area contributed by atoms with Gasteiger partial charge in [0.2, 0.25) is 0 Å². The third-order valence-electron chi connectivity index (χ3n) is 9.17. The smallest absolute Gasteiger partial charge is 0.0736 e. The van der Waals surface area contributed by atoms with Crippen LogP contribution in [-0.4, -0.2) is 0 Å². The summed E-state index contributed by atoms with van der Waals surface area (Å²) in [6.07, 6.45) is 0. The monoisotopic (exact) mass is 584 g/mol. The van der Waals surface area contributed by atoms with Gasteiger partial charge in [-0.15, -0.1) is 0 Å². The largest absolute Gasteiger partial charge is 0.0887 e. The molecule has 2 heteroatoms. The quantitative estimate of drug-likeness (QED) is 0.195. The fraction of sp³-hybridized carbons (Fsp3) is 0.0244. The SMILES string of the molecule is Clc1cc(-c2ccc3cc(-c4ccccc4)ccc3c2)c2c(c1)C1(c3ccccc3S2)c2ccccc2-c2ccccc21. The van der Waals surface area contributed by atoms with Crippen LogP contribution in [0.3, 0.4) is 0 Å². The van der Waals surface area contributed by atoms with Gasteiger partial charge in [-0.2, -0.15) is 0 Å². The van der Waals surface area contributed by atoms with Gasteiger partial charge in [-0.3, -0.25) is 0 Å². The maximum absolute atomic E-state index is 7.07. The molecule has 43 heavy (non-hydrogen) atoms. The van der Waals surface area contributed by atoms with Crippen molar-refractivity contribution in [2.75, 3.05) is 0 Å². The Bertz CT molecular complexity index is 2180. The highest BCUT2D eigenvalue weighted by Gasteiger charge is 2.50. The van der Waals surface area contributed by atoms with E-state index >= 15 is 0 Å². The third-order valence-corrected chi connectivity index (χ3v) is 10.6. The summed E-state index contributed by atoms with van der Waals surface area (Å²) in [6, 6.07) is 55.3. The van der Waals surface area contributed by atoms with E-state index in [4.69, 9.17) is 11.6 Å². The zero-order valence-corrected chi connectivity index (χ0v) is 24.8. The first kappa shape index (κ1) is 25.0. The molecule has 0 N–H and O–H groups in total. The minimum Gasteiger partial charge on any atom is -0.0887 e. The molecule has 1 heterocycles. The summed E-state index contributed by atoms with van der Waals surface area (Å²) in [7, 11) is 0. The van der Waals surface area contributed by atoms with Crippen molar-refractivity contribution in [3.63, 3.8) is 0 Å². The van der Waals surface area contributed by atoms with Gasteiger partial charge in [0.1, 0.15) is 0 Å². The first-order valence-corrected chi connectivity index (χ1v) is 15.8. The lowest BCUT2D eigenvalue weighted by atomic mass is 9.67. The summed E-state index contributed by atoms with van der Waals surface area (Å²) in [6.45, 7) is 0. The number of halogens is 1. The van der Waals surface area contributed by atoms with E-state index in [9.17, 15) is 0 Å². The predicted molar refractivity (Wildman–Crippen MR) is 181 cm³/mol. The Kier molecular flexibility index (Phi) is 5.50. The molecule has 2 aliphatic rings. The van der Waals surface area contributed by atoms with Crippen molar-refractivity contribution >= 4 is 34.1 Å². The molecule has 9 rings (SSSR count). The Hall–Kier alpha value is -4.56. The molecule has 1 aliphatic carbocycles. The van der Waals surface area contributed by atoms with Gasteiger partial charge >= 0.3 is 0 Å². The first-order valence-electron chi connectivity index (χ1n) is 14.6. The van der Waals surface area contributed by atoms with E-state index in [0.29, 0.717) is 0 Å². The van der Waals surface area contributed by atoms with Crippen LogP contribution in [0.25, 0.3) is 44.2 Å². The standard InChI is InChI=1S/C41H25ClS/c42-31-24-34(30-21-20-28-22-27(18-19-29(28)23-30)26-10-2-1-3-11-26)40-38(25-31)41(37-16-8-9-17-39(37)43-40)35-14-6-4-12-32(35)33-13-5-7-15-36(33)41/h1-25H. The molecule has 0 amide bonds. The Morgan fingerprint density at radius 3 is 1.72 bits per heavy atom. The van der Waals surface area contributed by atoms with Crippen molar-refractivity contribution in [3.8, 4) is 33.4 Å². The number of benzene rings is 7. The van der Waals surface area contributed by atoms with E-state index in [2.05, 4.69) is 152 Å². The summed E-state index contributed by atoms with van der Waals surface area (Å²) in [5.41, 5.74) is 12.2.